The summed E-state index contributed by atoms with van der Waals surface area (Å²) in [6.07, 6.45) is 3.34. The van der Waals surface area contributed by atoms with Crippen molar-refractivity contribution in [1.82, 2.24) is 9.71 Å². The maximum Gasteiger partial charge on any atom is 0.380 e. The maximum absolute atomic E-state index is 14.9. The number of phenols is 1. The summed E-state index contributed by atoms with van der Waals surface area (Å²) < 4.78 is 113. The van der Waals surface area contributed by atoms with E-state index in [1.807, 2.05) is 0 Å². The van der Waals surface area contributed by atoms with Crippen molar-refractivity contribution in [1.29, 1.82) is 0 Å². The van der Waals surface area contributed by atoms with E-state index in [4.69, 9.17) is 0 Å². The van der Waals surface area contributed by atoms with Crippen LogP contribution in [0.15, 0.2) is 0 Å². The van der Waals surface area contributed by atoms with E-state index in [1.54, 1.807) is 0 Å². The average Bonchev–Trinajstić information content (AvgIpc) is 2.97. The number of alkyl halides is 6. The van der Waals surface area contributed by atoms with Crippen molar-refractivity contribution >= 4 is 0 Å². The lowest BCUT2D eigenvalue weighted by Gasteiger charge is -2.23. The zero-order chi connectivity index (χ0) is 22.2. The first-order chi connectivity index (χ1) is 13.9. The van der Waals surface area contributed by atoms with Crippen LogP contribution in [-0.2, 0) is 24.7 Å². The summed E-state index contributed by atoms with van der Waals surface area (Å²) in [6.45, 7) is 0. The quantitative estimate of drug-likeness (QED) is 0.468. The molecule has 0 aliphatic heterocycles. The molecule has 0 saturated heterocycles. The summed E-state index contributed by atoms with van der Waals surface area (Å²) >= 11 is 0. The van der Waals surface area contributed by atoms with Gasteiger partial charge in [0, 0.05) is 0 Å². The second-order valence-corrected chi connectivity index (χ2v) is 7.38. The van der Waals surface area contributed by atoms with E-state index in [2.05, 4.69) is 4.98 Å². The molecule has 1 aromatic heterocycles. The van der Waals surface area contributed by atoms with Crippen LogP contribution >= 0.6 is 0 Å². The smallest absolute Gasteiger partial charge is 0.380 e. The van der Waals surface area contributed by atoms with Gasteiger partial charge in [-0.1, -0.05) is 12.8 Å². The highest BCUT2D eigenvalue weighted by molar-refractivity contribution is 5.71. The average molecular weight is 442 g/mol. The van der Waals surface area contributed by atoms with Gasteiger partial charge >= 0.3 is 17.8 Å². The molecule has 12 heteroatoms. The van der Waals surface area contributed by atoms with E-state index < -0.39 is 57.7 Å². The van der Waals surface area contributed by atoms with Crippen molar-refractivity contribution in [2.45, 2.75) is 56.3 Å². The minimum absolute atomic E-state index is 0.145. The topological polar surface area (TPSA) is 58.3 Å². The molecule has 2 aliphatic rings. The molecule has 2 N–H and O–H groups in total. The second kappa shape index (κ2) is 6.24. The number of phenolic OH excluding ortho intramolecular Hbond substituents is 1. The molecule has 0 bridgehead atoms. The summed E-state index contributed by atoms with van der Waals surface area (Å²) in [5, 5.41) is 20.3. The zero-order valence-corrected chi connectivity index (χ0v) is 15.1. The number of nitrogens with zero attached hydrogens (tertiary/aromatic N) is 2. The van der Waals surface area contributed by atoms with Gasteiger partial charge in [-0.05, 0) is 25.7 Å². The molecule has 30 heavy (non-hydrogen) atoms. The lowest BCUT2D eigenvalue weighted by Crippen LogP contribution is -2.43. The fourth-order valence-corrected chi connectivity index (χ4v) is 4.02. The number of hydrogen-bond donors (Lipinski definition) is 2. The van der Waals surface area contributed by atoms with Crippen LogP contribution in [0, 0.1) is 11.6 Å². The van der Waals surface area contributed by atoms with E-state index in [-0.39, 0.29) is 29.0 Å². The largest absolute Gasteiger partial charge is 0.504 e. The Labute approximate surface area is 163 Å². The molecule has 164 valence electrons. The van der Waals surface area contributed by atoms with Crippen LogP contribution in [0.4, 0.5) is 35.1 Å². The van der Waals surface area contributed by atoms with E-state index >= 15 is 0 Å². The molecule has 0 saturated carbocycles. The monoisotopic (exact) mass is 442 g/mol. The molecule has 4 rings (SSSR count). The Balaban J connectivity index is 2.03. The number of aryl methyl sites for hydroxylation is 1. The fraction of sp³-hybridized carbons (Fsp3) is 0.500. The van der Waals surface area contributed by atoms with Crippen LogP contribution < -0.4 is 0 Å². The van der Waals surface area contributed by atoms with Gasteiger partial charge in [-0.15, -0.1) is 0 Å². The van der Waals surface area contributed by atoms with Gasteiger partial charge < -0.3 is 10.3 Å². The first-order valence-electron chi connectivity index (χ1n) is 9.04. The Bertz CT molecular complexity index is 1050. The first-order valence-corrected chi connectivity index (χ1v) is 9.04. The van der Waals surface area contributed by atoms with Gasteiger partial charge in [0.25, 0.3) is 0 Å². The summed E-state index contributed by atoms with van der Waals surface area (Å²) in [5.74, 6) is -25.5. The highest BCUT2D eigenvalue weighted by atomic mass is 19.3. The summed E-state index contributed by atoms with van der Waals surface area (Å²) in [6, 6.07) is 0. The van der Waals surface area contributed by atoms with Gasteiger partial charge in [-0.2, -0.15) is 31.1 Å². The van der Waals surface area contributed by atoms with Crippen molar-refractivity contribution in [3.63, 3.8) is 0 Å². The number of rotatable bonds is 1. The van der Waals surface area contributed by atoms with Crippen LogP contribution in [0.1, 0.15) is 48.2 Å². The second-order valence-electron chi connectivity index (χ2n) is 7.38. The number of aromatic nitrogens is 2. The van der Waals surface area contributed by atoms with Crippen LogP contribution in [0.25, 0.3) is 11.4 Å². The van der Waals surface area contributed by atoms with Crippen molar-refractivity contribution in [2.75, 3.05) is 0 Å². The minimum Gasteiger partial charge on any atom is -0.504 e. The third kappa shape index (κ3) is 2.36. The van der Waals surface area contributed by atoms with E-state index in [0.717, 1.165) is 12.8 Å². The molecule has 0 radical (unpaired) electrons. The van der Waals surface area contributed by atoms with E-state index in [1.165, 1.54) is 0 Å². The third-order valence-electron chi connectivity index (χ3n) is 5.60. The summed E-state index contributed by atoms with van der Waals surface area (Å²) in [5.41, 5.74) is -6.32. The molecule has 2 aliphatic carbocycles. The molecular weight excluding hydrogens is 428 g/mol. The molecule has 0 unspecified atom stereocenters. The Morgan fingerprint density at radius 2 is 1.33 bits per heavy atom. The highest BCUT2D eigenvalue weighted by Gasteiger charge is 2.81. The van der Waals surface area contributed by atoms with Gasteiger partial charge in [0.2, 0.25) is 0 Å². The lowest BCUT2D eigenvalue weighted by atomic mass is 10.0. The molecule has 0 fully saturated rings. The normalized spacial score (nSPS) is 21.6. The number of halogens is 8. The zero-order valence-electron chi connectivity index (χ0n) is 15.1. The number of fused-ring (bicyclic) bond motifs is 2. The molecule has 2 aromatic rings. The van der Waals surface area contributed by atoms with Crippen LogP contribution in [-0.4, -0.2) is 26.0 Å². The number of aromatic hydroxyl groups is 1. The van der Waals surface area contributed by atoms with Crippen LogP contribution in [0.3, 0.4) is 0 Å². The number of hydrogen-bond acceptors (Lipinski definition) is 3. The van der Waals surface area contributed by atoms with Crippen LogP contribution in [0.2, 0.25) is 0 Å². The Hall–Kier alpha value is -2.53. The molecule has 1 aromatic carbocycles. The SMILES string of the molecule is Oc1c(F)c2c(c(F)c1-c1nc3c(n1O)CCCCCC3)C(F)(F)C(F)(F)C2(F)F. The minimum atomic E-state index is -6.14. The standard InChI is InChI=1S/C18H14F8N2O2/c19-12-9(15-27-7-5-3-1-2-4-6-8(7)28(15)30)14(29)13(20)11-10(12)16(21,22)18(25,26)17(11,23)24/h29-30H,1-6H2. The van der Waals surface area contributed by atoms with Crippen LogP contribution in [0.5, 0.6) is 5.75 Å². The Morgan fingerprint density at radius 1 is 0.800 bits per heavy atom. The Morgan fingerprint density at radius 3 is 1.93 bits per heavy atom. The van der Waals surface area contributed by atoms with Crippen molar-refractivity contribution < 1.29 is 45.4 Å². The van der Waals surface area contributed by atoms with Crippen molar-refractivity contribution in [3.8, 4) is 17.1 Å². The molecule has 1 heterocycles. The molecule has 4 nitrogen and oxygen atoms in total. The lowest BCUT2D eigenvalue weighted by molar-refractivity contribution is -0.303. The number of benzene rings is 1. The van der Waals surface area contributed by atoms with E-state index in [9.17, 15) is 45.4 Å². The summed E-state index contributed by atoms with van der Waals surface area (Å²) in [7, 11) is 0. The van der Waals surface area contributed by atoms with Crippen molar-refractivity contribution in [2.24, 2.45) is 0 Å². The molecular formula is C18H14F8N2O2. The van der Waals surface area contributed by atoms with Crippen molar-refractivity contribution in [3.05, 3.63) is 34.1 Å². The molecule has 0 atom stereocenters. The molecule has 0 amide bonds. The van der Waals surface area contributed by atoms with Gasteiger partial charge in [0.15, 0.2) is 17.4 Å². The van der Waals surface area contributed by atoms with Gasteiger partial charge in [0.05, 0.1) is 22.5 Å². The van der Waals surface area contributed by atoms with Gasteiger partial charge in [-0.25, -0.2) is 13.8 Å². The highest BCUT2D eigenvalue weighted by Crippen LogP contribution is 2.65. The fourth-order valence-electron chi connectivity index (χ4n) is 4.02. The number of imidazole rings is 1. The first kappa shape index (κ1) is 20.7. The predicted molar refractivity (Wildman–Crippen MR) is 85.0 cm³/mol. The third-order valence-corrected chi connectivity index (χ3v) is 5.60. The van der Waals surface area contributed by atoms with E-state index in [0.29, 0.717) is 12.8 Å². The van der Waals surface area contributed by atoms with Gasteiger partial charge in [-0.3, -0.25) is 0 Å². The predicted octanol–water partition coefficient (Wildman–Crippen LogP) is 5.26. The molecule has 0 spiro atoms. The summed E-state index contributed by atoms with van der Waals surface area (Å²) in [4.78, 5) is 3.86. The van der Waals surface area contributed by atoms with Gasteiger partial charge in [0.1, 0.15) is 11.4 Å². The Kier molecular flexibility index (Phi) is 4.31. The maximum atomic E-state index is 14.9.